The molecule has 1 aliphatic rings. The van der Waals surface area contributed by atoms with Crippen LogP contribution in [0.4, 0.5) is 0 Å². The van der Waals surface area contributed by atoms with Crippen molar-refractivity contribution in [2.45, 2.75) is 31.5 Å². The highest BCUT2D eigenvalue weighted by molar-refractivity contribution is 6.64. The fourth-order valence-electron chi connectivity index (χ4n) is 1.57. The third-order valence-corrected chi connectivity index (χ3v) is 9.17. The van der Waals surface area contributed by atoms with Gasteiger partial charge in [0.15, 0.2) is 0 Å². The molecule has 0 N–H and O–H groups in total. The van der Waals surface area contributed by atoms with Crippen LogP contribution < -0.4 is 0 Å². The van der Waals surface area contributed by atoms with Crippen molar-refractivity contribution in [2.75, 3.05) is 13.1 Å². The molecule has 0 spiro atoms. The quantitative estimate of drug-likeness (QED) is 0.537. The van der Waals surface area contributed by atoms with Crippen molar-refractivity contribution in [1.82, 2.24) is 4.57 Å². The summed E-state index contributed by atoms with van der Waals surface area (Å²) in [5.74, 6) is 0. The molecule has 1 rings (SSSR count). The summed E-state index contributed by atoms with van der Waals surface area (Å²) in [5, 5.41) is 1.10. The van der Waals surface area contributed by atoms with Crippen molar-refractivity contribution < 1.29 is 0 Å². The van der Waals surface area contributed by atoms with Crippen LogP contribution in [0.2, 0.25) is 11.7 Å². The molecule has 2 unspecified atom stereocenters. The van der Waals surface area contributed by atoms with Gasteiger partial charge in [0, 0.05) is 10.2 Å². The maximum atomic E-state index is 2.78. The van der Waals surface area contributed by atoms with E-state index in [-0.39, 0.29) is 0 Å². The van der Waals surface area contributed by atoms with Crippen molar-refractivity contribution in [3.8, 4) is 0 Å². The van der Waals surface area contributed by atoms with E-state index in [0.717, 1.165) is 5.16 Å². The van der Waals surface area contributed by atoms with Crippen LogP contribution in [-0.2, 0) is 0 Å². The summed E-state index contributed by atoms with van der Waals surface area (Å²) in [6, 6.07) is 0. The van der Waals surface area contributed by atoms with E-state index in [1.165, 1.54) is 36.2 Å². The first kappa shape index (κ1) is 8.49. The maximum Gasteiger partial charge on any atom is 0.108 e. The average Bonchev–Trinajstić information content (AvgIpc) is 2.36. The molecule has 0 aromatic heterocycles. The van der Waals surface area contributed by atoms with E-state index < -0.39 is 8.96 Å². The summed E-state index contributed by atoms with van der Waals surface area (Å²) >= 11 is 0. The fraction of sp³-hybridized carbons (Fsp3) is 1.00. The lowest BCUT2D eigenvalue weighted by Crippen LogP contribution is -2.37. The molecule has 10 heavy (non-hydrogen) atoms. The van der Waals surface area contributed by atoms with Crippen LogP contribution in [0, 0.1) is 0 Å². The summed E-state index contributed by atoms with van der Waals surface area (Å²) in [6.07, 6.45) is 2.93. The van der Waals surface area contributed by atoms with Gasteiger partial charge in [-0.2, -0.15) is 0 Å². The van der Waals surface area contributed by atoms with Gasteiger partial charge in [0.05, 0.1) is 0 Å². The van der Waals surface area contributed by atoms with Crippen LogP contribution >= 0.6 is 0 Å². The number of rotatable bonds is 2. The average molecular weight is 173 g/mol. The van der Waals surface area contributed by atoms with E-state index in [1.54, 1.807) is 0 Å². The Labute approximate surface area is 68.9 Å². The second-order valence-electron chi connectivity index (χ2n) is 3.73. The van der Waals surface area contributed by atoms with Crippen LogP contribution in [0.1, 0.15) is 19.8 Å². The molecule has 1 nitrogen and oxygen atoms in total. The molecule has 3 heteroatoms. The van der Waals surface area contributed by atoms with Gasteiger partial charge in [0.2, 0.25) is 0 Å². The Hall–Kier alpha value is 0.394. The molecule has 0 amide bonds. The van der Waals surface area contributed by atoms with E-state index in [4.69, 9.17) is 0 Å². The minimum Gasteiger partial charge on any atom is -0.326 e. The van der Waals surface area contributed by atoms with Gasteiger partial charge >= 0.3 is 0 Å². The smallest absolute Gasteiger partial charge is 0.108 e. The SMILES string of the molecule is CC([SiH3])[SiH](C)N1CCCC1. The Morgan fingerprint density at radius 2 is 1.90 bits per heavy atom. The molecule has 2 atom stereocenters. The fourth-order valence-corrected chi connectivity index (χ4v) is 4.86. The molecule has 0 aromatic carbocycles. The summed E-state index contributed by atoms with van der Waals surface area (Å²) < 4.78 is 2.78. The molecular formula is C7H19NSi2. The van der Waals surface area contributed by atoms with Gasteiger partial charge < -0.3 is 4.57 Å². The molecular weight excluding hydrogens is 154 g/mol. The largest absolute Gasteiger partial charge is 0.326 e. The topological polar surface area (TPSA) is 3.24 Å². The third-order valence-electron chi connectivity index (χ3n) is 2.68. The highest BCUT2D eigenvalue weighted by Gasteiger charge is 2.21. The molecule has 0 bridgehead atoms. The second-order valence-corrected chi connectivity index (χ2v) is 10.4. The van der Waals surface area contributed by atoms with Crippen LogP contribution in [-0.4, -0.2) is 36.9 Å². The Bertz CT molecular complexity index is 99.8. The van der Waals surface area contributed by atoms with Gasteiger partial charge in [-0.3, -0.25) is 0 Å². The molecule has 0 aromatic rings. The first-order valence-electron chi connectivity index (χ1n) is 4.46. The first-order valence-corrected chi connectivity index (χ1v) is 7.95. The summed E-state index contributed by atoms with van der Waals surface area (Å²) in [4.78, 5) is 0. The van der Waals surface area contributed by atoms with Crippen LogP contribution in [0.25, 0.3) is 0 Å². The number of nitrogens with zero attached hydrogens (tertiary/aromatic N) is 1. The summed E-state index contributed by atoms with van der Waals surface area (Å²) in [7, 11) is 0.975. The van der Waals surface area contributed by atoms with Gasteiger partial charge in [-0.25, -0.2) is 0 Å². The molecule has 1 fully saturated rings. The van der Waals surface area contributed by atoms with Gasteiger partial charge in [-0.05, 0) is 25.9 Å². The van der Waals surface area contributed by atoms with Gasteiger partial charge in [0.1, 0.15) is 8.96 Å². The van der Waals surface area contributed by atoms with Gasteiger partial charge in [-0.1, -0.05) is 18.6 Å². The molecule has 1 heterocycles. The standard InChI is InChI=1S/C7H19NSi2/c1-7(9)10(2)8-5-3-4-6-8/h7,10H,3-6H2,1-2,9H3. The Morgan fingerprint density at radius 1 is 1.40 bits per heavy atom. The van der Waals surface area contributed by atoms with Crippen LogP contribution in [0.5, 0.6) is 0 Å². The lowest BCUT2D eigenvalue weighted by atomic mass is 10.4. The highest BCUT2D eigenvalue weighted by Crippen LogP contribution is 2.15. The van der Waals surface area contributed by atoms with Gasteiger partial charge in [-0.15, -0.1) is 0 Å². The molecule has 1 saturated heterocycles. The molecule has 0 aliphatic carbocycles. The van der Waals surface area contributed by atoms with Crippen LogP contribution in [0.15, 0.2) is 0 Å². The van der Waals surface area contributed by atoms with Crippen molar-refractivity contribution >= 4 is 19.2 Å². The van der Waals surface area contributed by atoms with Crippen molar-refractivity contribution in [1.29, 1.82) is 0 Å². The van der Waals surface area contributed by atoms with E-state index in [2.05, 4.69) is 18.0 Å². The number of hydrogen-bond donors (Lipinski definition) is 0. The molecule has 60 valence electrons. The Kier molecular flexibility index (Phi) is 3.13. The predicted octanol–water partition coefficient (Wildman–Crippen LogP) is 0.149. The predicted molar refractivity (Wildman–Crippen MR) is 53.2 cm³/mol. The Morgan fingerprint density at radius 3 is 2.30 bits per heavy atom. The lowest BCUT2D eigenvalue weighted by molar-refractivity contribution is 0.533. The zero-order valence-corrected chi connectivity index (χ0v) is 10.6. The molecule has 0 radical (unpaired) electrons. The van der Waals surface area contributed by atoms with Crippen molar-refractivity contribution in [3.63, 3.8) is 0 Å². The van der Waals surface area contributed by atoms with E-state index in [1.807, 2.05) is 0 Å². The van der Waals surface area contributed by atoms with Crippen molar-refractivity contribution in [3.05, 3.63) is 0 Å². The minimum atomic E-state index is -0.433. The first-order chi connectivity index (χ1) is 4.72. The minimum absolute atomic E-state index is 0.433. The van der Waals surface area contributed by atoms with Crippen molar-refractivity contribution in [2.24, 2.45) is 0 Å². The van der Waals surface area contributed by atoms with E-state index >= 15 is 0 Å². The Balaban J connectivity index is 2.32. The summed E-state index contributed by atoms with van der Waals surface area (Å²) in [5.41, 5.74) is 0. The lowest BCUT2D eigenvalue weighted by Gasteiger charge is -2.25. The summed E-state index contributed by atoms with van der Waals surface area (Å²) in [6.45, 7) is 7.78. The van der Waals surface area contributed by atoms with E-state index in [9.17, 15) is 0 Å². The monoisotopic (exact) mass is 173 g/mol. The third kappa shape index (κ3) is 1.94. The zero-order valence-electron chi connectivity index (χ0n) is 7.43. The highest BCUT2D eigenvalue weighted by atomic mass is 28.3. The zero-order chi connectivity index (χ0) is 7.56. The number of hydrogen-bond acceptors (Lipinski definition) is 1. The molecule has 0 saturated carbocycles. The van der Waals surface area contributed by atoms with E-state index in [0.29, 0.717) is 0 Å². The van der Waals surface area contributed by atoms with Gasteiger partial charge in [0.25, 0.3) is 0 Å². The normalized spacial score (nSPS) is 27.0. The van der Waals surface area contributed by atoms with Crippen LogP contribution in [0.3, 0.4) is 0 Å². The molecule has 1 aliphatic heterocycles. The second kappa shape index (κ2) is 3.69. The maximum absolute atomic E-state index is 2.78.